The highest BCUT2D eigenvalue weighted by Crippen LogP contribution is 2.46. The normalized spacial score (nSPS) is 48.6. The molecule has 2 rings (SSSR count). The van der Waals surface area contributed by atoms with Crippen LogP contribution < -0.4 is 0 Å². The number of alkyl halides is 2. The second-order valence-electron chi connectivity index (χ2n) is 4.68. The molecule has 5 atom stereocenters. The third kappa shape index (κ3) is 1.41. The van der Waals surface area contributed by atoms with E-state index in [0.29, 0.717) is 6.29 Å². The molecule has 1 aliphatic carbocycles. The predicted octanol–water partition coefficient (Wildman–Crippen LogP) is 1.25. The van der Waals surface area contributed by atoms with Gasteiger partial charge in [-0.3, -0.25) is 4.79 Å². The fraction of sp³-hybridized carbons (Fsp3) is 0.818. The van der Waals surface area contributed by atoms with E-state index in [1.165, 1.54) is 6.92 Å². The first-order chi connectivity index (χ1) is 7.51. The van der Waals surface area contributed by atoms with Crippen molar-refractivity contribution in [1.82, 2.24) is 0 Å². The lowest BCUT2D eigenvalue weighted by Crippen LogP contribution is -2.61. The van der Waals surface area contributed by atoms with Crippen LogP contribution in [0.25, 0.3) is 0 Å². The average molecular weight is 232 g/mol. The monoisotopic (exact) mass is 232 g/mol. The van der Waals surface area contributed by atoms with Gasteiger partial charge < -0.3 is 9.53 Å². The molecule has 0 spiro atoms. The Morgan fingerprint density at radius 1 is 1.50 bits per heavy atom. The highest BCUT2D eigenvalue weighted by atomic mass is 19.1. The second kappa shape index (κ2) is 3.87. The largest absolute Gasteiger partial charge is 0.376 e. The van der Waals surface area contributed by atoms with Crippen LogP contribution in [-0.2, 0) is 14.3 Å². The summed E-state index contributed by atoms with van der Waals surface area (Å²) in [6.45, 7) is 1.58. The first-order valence-corrected chi connectivity index (χ1v) is 5.40. The molecule has 0 bridgehead atoms. The lowest BCUT2D eigenvalue weighted by Gasteiger charge is -2.48. The van der Waals surface area contributed by atoms with Crippen LogP contribution in [0, 0.1) is 11.3 Å². The minimum atomic E-state index is -1.57. The number of halogens is 2. The molecule has 2 fully saturated rings. The van der Waals surface area contributed by atoms with E-state index in [0.717, 1.165) is 0 Å². The SMILES string of the molecule is CC12C(=O)CCOC1[C@H](C=O)C(F)CC2F. The highest BCUT2D eigenvalue weighted by molar-refractivity contribution is 5.87. The number of carbonyl (C=O) groups excluding carboxylic acids is 2. The van der Waals surface area contributed by atoms with Crippen LogP contribution in [0.2, 0.25) is 0 Å². The van der Waals surface area contributed by atoms with Crippen LogP contribution in [0.15, 0.2) is 0 Å². The van der Waals surface area contributed by atoms with E-state index in [4.69, 9.17) is 4.74 Å². The van der Waals surface area contributed by atoms with Crippen molar-refractivity contribution >= 4 is 12.1 Å². The number of ether oxygens (including phenoxy) is 1. The van der Waals surface area contributed by atoms with Crippen molar-refractivity contribution in [3.05, 3.63) is 0 Å². The fourth-order valence-corrected chi connectivity index (χ4v) is 2.69. The number of ketones is 1. The quantitative estimate of drug-likeness (QED) is 0.639. The van der Waals surface area contributed by atoms with Gasteiger partial charge in [-0.25, -0.2) is 8.78 Å². The molecule has 1 aliphatic heterocycles. The van der Waals surface area contributed by atoms with Crippen LogP contribution in [0.4, 0.5) is 8.78 Å². The van der Waals surface area contributed by atoms with Gasteiger partial charge in [-0.2, -0.15) is 0 Å². The topological polar surface area (TPSA) is 43.4 Å². The molecule has 3 nitrogen and oxygen atoms in total. The minimum Gasteiger partial charge on any atom is -0.376 e. The standard InChI is InChI=1S/C11H14F2O3/c1-11-8(13)4-7(12)6(5-14)10(11)16-3-2-9(11)15/h5-8,10H,2-4H2,1H3/t6-,7?,8?,10?,11?/m1/s1. The maximum atomic E-state index is 13.9. The fourth-order valence-electron chi connectivity index (χ4n) is 2.69. The van der Waals surface area contributed by atoms with E-state index in [9.17, 15) is 18.4 Å². The number of hydrogen-bond acceptors (Lipinski definition) is 3. The molecule has 0 radical (unpaired) electrons. The zero-order chi connectivity index (χ0) is 11.9. The third-order valence-electron chi connectivity index (χ3n) is 3.83. The summed E-state index contributed by atoms with van der Waals surface area (Å²) in [5.41, 5.74) is -1.35. The maximum absolute atomic E-state index is 13.9. The van der Waals surface area contributed by atoms with Crippen molar-refractivity contribution in [2.45, 2.75) is 38.2 Å². The summed E-state index contributed by atoms with van der Waals surface area (Å²) < 4.78 is 32.6. The Kier molecular flexibility index (Phi) is 2.82. The summed E-state index contributed by atoms with van der Waals surface area (Å²) in [7, 11) is 0. The number of fused-ring (bicyclic) bond motifs is 1. The van der Waals surface area contributed by atoms with Crippen LogP contribution in [0.3, 0.4) is 0 Å². The van der Waals surface area contributed by atoms with Gasteiger partial charge in [0.2, 0.25) is 0 Å². The van der Waals surface area contributed by atoms with Gasteiger partial charge in [0.05, 0.1) is 24.0 Å². The van der Waals surface area contributed by atoms with Gasteiger partial charge >= 0.3 is 0 Å². The van der Waals surface area contributed by atoms with Gasteiger partial charge in [0.15, 0.2) is 0 Å². The first-order valence-electron chi connectivity index (χ1n) is 5.40. The Morgan fingerprint density at radius 3 is 2.81 bits per heavy atom. The van der Waals surface area contributed by atoms with Crippen molar-refractivity contribution < 1.29 is 23.1 Å². The molecule has 5 heteroatoms. The molecule has 0 amide bonds. The molecule has 4 unspecified atom stereocenters. The van der Waals surface area contributed by atoms with Crippen LogP contribution >= 0.6 is 0 Å². The van der Waals surface area contributed by atoms with Crippen molar-refractivity contribution in [3.63, 3.8) is 0 Å². The van der Waals surface area contributed by atoms with Gasteiger partial charge in [0, 0.05) is 12.8 Å². The molecule has 2 aliphatic rings. The molecule has 90 valence electrons. The Bertz CT molecular complexity index is 320. The Hall–Kier alpha value is -0.840. The number of Topliss-reactive ketones (excluding diaryl/α,β-unsaturated/α-hetero) is 1. The molecule has 1 heterocycles. The molecule has 16 heavy (non-hydrogen) atoms. The molecule has 0 aromatic heterocycles. The first kappa shape index (κ1) is 11.6. The zero-order valence-electron chi connectivity index (χ0n) is 8.99. The summed E-state index contributed by atoms with van der Waals surface area (Å²) in [6, 6.07) is 0. The number of rotatable bonds is 1. The predicted molar refractivity (Wildman–Crippen MR) is 51.4 cm³/mol. The molecule has 1 saturated carbocycles. The molecule has 1 saturated heterocycles. The summed E-state index contributed by atoms with van der Waals surface area (Å²) >= 11 is 0. The third-order valence-corrected chi connectivity index (χ3v) is 3.83. The van der Waals surface area contributed by atoms with Crippen molar-refractivity contribution in [2.75, 3.05) is 6.61 Å². The van der Waals surface area contributed by atoms with E-state index >= 15 is 0 Å². The lowest BCUT2D eigenvalue weighted by atomic mass is 9.63. The Balaban J connectivity index is 2.38. The zero-order valence-corrected chi connectivity index (χ0v) is 8.99. The molecule has 0 aromatic rings. The Morgan fingerprint density at radius 2 is 2.19 bits per heavy atom. The maximum Gasteiger partial charge on any atom is 0.146 e. The van der Waals surface area contributed by atoms with Gasteiger partial charge in [-0.15, -0.1) is 0 Å². The van der Waals surface area contributed by atoms with Crippen molar-refractivity contribution in [3.8, 4) is 0 Å². The van der Waals surface area contributed by atoms with Gasteiger partial charge in [0.25, 0.3) is 0 Å². The summed E-state index contributed by atoms with van der Waals surface area (Å²) in [5, 5.41) is 0. The minimum absolute atomic E-state index is 0.135. The second-order valence-corrected chi connectivity index (χ2v) is 4.68. The summed E-state index contributed by atoms with van der Waals surface area (Å²) in [6.07, 6.45) is -3.91. The van der Waals surface area contributed by atoms with E-state index in [1.807, 2.05) is 0 Å². The number of aldehydes is 1. The van der Waals surface area contributed by atoms with Crippen molar-refractivity contribution in [1.29, 1.82) is 0 Å². The van der Waals surface area contributed by atoms with Crippen LogP contribution in [0.5, 0.6) is 0 Å². The van der Waals surface area contributed by atoms with E-state index in [-0.39, 0.29) is 18.8 Å². The van der Waals surface area contributed by atoms with Gasteiger partial charge in [-0.05, 0) is 6.92 Å². The number of carbonyl (C=O) groups is 2. The van der Waals surface area contributed by atoms with E-state index in [1.54, 1.807) is 0 Å². The molecule has 0 N–H and O–H groups in total. The van der Waals surface area contributed by atoms with Crippen LogP contribution in [-0.4, -0.2) is 37.1 Å². The van der Waals surface area contributed by atoms with E-state index in [2.05, 4.69) is 0 Å². The highest BCUT2D eigenvalue weighted by Gasteiger charge is 2.59. The molecular formula is C11H14F2O3. The summed E-state index contributed by atoms with van der Waals surface area (Å²) in [4.78, 5) is 22.6. The van der Waals surface area contributed by atoms with E-state index < -0.39 is 36.2 Å². The van der Waals surface area contributed by atoms with Gasteiger partial charge in [-0.1, -0.05) is 0 Å². The molecule has 0 aromatic carbocycles. The summed E-state index contributed by atoms with van der Waals surface area (Å²) in [5.74, 6) is -1.30. The Labute approximate surface area is 92.1 Å². The lowest BCUT2D eigenvalue weighted by molar-refractivity contribution is -0.184. The van der Waals surface area contributed by atoms with Crippen molar-refractivity contribution in [2.24, 2.45) is 11.3 Å². The number of hydrogen-bond donors (Lipinski definition) is 0. The smallest absolute Gasteiger partial charge is 0.146 e. The molecular weight excluding hydrogens is 218 g/mol. The average Bonchev–Trinajstić information content (AvgIpc) is 2.23. The van der Waals surface area contributed by atoms with Gasteiger partial charge in [0.1, 0.15) is 24.4 Å². The van der Waals surface area contributed by atoms with Crippen LogP contribution in [0.1, 0.15) is 19.8 Å².